The van der Waals surface area contributed by atoms with Gasteiger partial charge in [0, 0.05) is 47.4 Å². The number of nitrogens with zero attached hydrogens (tertiary/aromatic N) is 4. The number of rotatable bonds is 4. The maximum Gasteiger partial charge on any atom is 0.217 e. The Morgan fingerprint density at radius 2 is 1.55 bits per heavy atom. The second kappa shape index (κ2) is 12.6. The van der Waals surface area contributed by atoms with E-state index >= 15 is 0 Å². The SMILES string of the molecule is [2H]C([2H])([2H])c1ccnc(-c2[c-]nc3oc4nc(C(C)(C)c5ccccc5)ccc4c3c2)c1.[Ir].[c-]1ccccc1-c1ccccn1. The van der Waals surface area contributed by atoms with Gasteiger partial charge >= 0.3 is 0 Å². The Bertz CT molecular complexity index is 1990. The van der Waals surface area contributed by atoms with E-state index in [0.717, 1.165) is 33.3 Å². The zero-order valence-electron chi connectivity index (χ0n) is 26.0. The first kappa shape index (κ1) is 25.2. The molecule has 0 aliphatic carbocycles. The van der Waals surface area contributed by atoms with Crippen LogP contribution in [-0.4, -0.2) is 19.9 Å². The van der Waals surface area contributed by atoms with Crippen LogP contribution in [0, 0.1) is 19.1 Å². The van der Waals surface area contributed by atoms with E-state index in [4.69, 9.17) is 13.5 Å². The minimum atomic E-state index is -2.20. The maximum absolute atomic E-state index is 7.64. The number of hydrogen-bond acceptors (Lipinski definition) is 5. The average molecular weight is 728 g/mol. The van der Waals surface area contributed by atoms with Gasteiger partial charge in [-0.2, -0.15) is 0 Å². The van der Waals surface area contributed by atoms with Crippen molar-refractivity contribution in [2.45, 2.75) is 26.1 Å². The first-order valence-corrected chi connectivity index (χ1v) is 13.2. The van der Waals surface area contributed by atoms with Crippen LogP contribution < -0.4 is 0 Å². The smallest absolute Gasteiger partial charge is 0.217 e. The summed E-state index contributed by atoms with van der Waals surface area (Å²) < 4.78 is 28.8. The van der Waals surface area contributed by atoms with Crippen LogP contribution in [0.15, 0.2) is 120 Å². The van der Waals surface area contributed by atoms with E-state index in [1.54, 1.807) is 12.3 Å². The molecule has 0 aliphatic heterocycles. The molecule has 209 valence electrons. The average Bonchev–Trinajstić information content (AvgIpc) is 3.43. The molecule has 0 aliphatic rings. The van der Waals surface area contributed by atoms with Crippen LogP contribution in [0.5, 0.6) is 0 Å². The Balaban J connectivity index is 0.000000258. The van der Waals surface area contributed by atoms with Crippen molar-refractivity contribution in [2.75, 3.05) is 0 Å². The summed E-state index contributed by atoms with van der Waals surface area (Å²) in [6.45, 7) is 2.06. The summed E-state index contributed by atoms with van der Waals surface area (Å²) in [7, 11) is 0. The number of aromatic nitrogens is 4. The van der Waals surface area contributed by atoms with Gasteiger partial charge in [0.1, 0.15) is 5.71 Å². The summed E-state index contributed by atoms with van der Waals surface area (Å²) in [6, 6.07) is 35.9. The predicted octanol–water partition coefficient (Wildman–Crippen LogP) is 8.42. The van der Waals surface area contributed by atoms with Crippen molar-refractivity contribution >= 4 is 22.2 Å². The number of benzene rings is 2. The molecule has 1 radical (unpaired) electrons. The number of hydrogen-bond donors (Lipinski definition) is 0. The third-order valence-corrected chi connectivity index (χ3v) is 6.96. The number of fused-ring (bicyclic) bond motifs is 3. The van der Waals surface area contributed by atoms with Crippen LogP contribution in [0.2, 0.25) is 0 Å². The van der Waals surface area contributed by atoms with Crippen molar-refractivity contribution in [3.05, 3.63) is 145 Å². The molecule has 7 aromatic rings. The molecular weight excluding hydrogens is 697 g/mol. The van der Waals surface area contributed by atoms with E-state index in [1.807, 2.05) is 78.9 Å². The van der Waals surface area contributed by atoms with Crippen LogP contribution in [0.3, 0.4) is 0 Å². The summed E-state index contributed by atoms with van der Waals surface area (Å²) in [5.41, 5.74) is 6.03. The van der Waals surface area contributed by atoms with Gasteiger partial charge in [0.25, 0.3) is 0 Å². The van der Waals surface area contributed by atoms with Gasteiger partial charge in [-0.3, -0.25) is 0 Å². The van der Waals surface area contributed by atoms with Gasteiger partial charge in [-0.05, 0) is 59.7 Å². The Morgan fingerprint density at radius 1 is 0.738 bits per heavy atom. The Kier molecular flexibility index (Phi) is 7.54. The molecule has 0 saturated heterocycles. The Labute approximate surface area is 263 Å². The van der Waals surface area contributed by atoms with E-state index in [2.05, 4.69) is 53.2 Å². The summed E-state index contributed by atoms with van der Waals surface area (Å²) >= 11 is 0. The van der Waals surface area contributed by atoms with Gasteiger partial charge in [-0.1, -0.05) is 67.9 Å². The number of aryl methyl sites for hydroxylation is 1. The monoisotopic (exact) mass is 728 g/mol. The second-order valence-electron chi connectivity index (χ2n) is 10.1. The van der Waals surface area contributed by atoms with Gasteiger partial charge in [0.2, 0.25) is 5.71 Å². The molecule has 6 heteroatoms. The Hall–Kier alpha value is -4.51. The largest absolute Gasteiger partial charge is 0.467 e. The molecule has 0 atom stereocenters. The van der Waals surface area contributed by atoms with E-state index in [9.17, 15) is 0 Å². The van der Waals surface area contributed by atoms with Crippen molar-refractivity contribution in [3.8, 4) is 22.5 Å². The molecule has 0 amide bonds. The van der Waals surface area contributed by atoms with E-state index in [1.165, 1.54) is 12.3 Å². The first-order valence-electron chi connectivity index (χ1n) is 14.7. The normalized spacial score (nSPS) is 12.4. The minimum Gasteiger partial charge on any atom is -0.467 e. The predicted molar refractivity (Wildman–Crippen MR) is 163 cm³/mol. The van der Waals surface area contributed by atoms with Crippen LogP contribution in [0.4, 0.5) is 0 Å². The van der Waals surface area contributed by atoms with E-state index < -0.39 is 6.85 Å². The van der Waals surface area contributed by atoms with Crippen molar-refractivity contribution in [3.63, 3.8) is 0 Å². The summed E-state index contributed by atoms with van der Waals surface area (Å²) in [4.78, 5) is 17.6. The minimum absolute atomic E-state index is 0. The molecule has 0 fully saturated rings. The van der Waals surface area contributed by atoms with Gasteiger partial charge in [-0.15, -0.1) is 47.5 Å². The molecular formula is C36H28IrN4O-2. The second-order valence-corrected chi connectivity index (χ2v) is 10.1. The maximum atomic E-state index is 7.64. The molecule has 5 nitrogen and oxygen atoms in total. The zero-order valence-corrected chi connectivity index (χ0v) is 25.4. The summed E-state index contributed by atoms with van der Waals surface area (Å²) in [5, 5.41) is 1.62. The molecule has 7 rings (SSSR count). The number of pyridine rings is 4. The zero-order chi connectivity index (χ0) is 30.7. The standard InChI is InChI=1S/C25H20N3O.C11H8N.Ir/c1-16-11-12-26-21(13-16)17-14-20-19-9-10-22(28-24(19)29-23(20)27-15-17)25(2,3)18-7-5-4-6-8-18;1-2-6-10(7-3-1)11-8-4-5-9-12-11;/h4-14H,1-3H3;1-6,8-9H;/q2*-1;/i1D3;;. The molecule has 0 saturated carbocycles. The molecule has 5 aromatic heterocycles. The fraction of sp³-hybridized carbons (Fsp3) is 0.111. The van der Waals surface area contributed by atoms with E-state index in [-0.39, 0.29) is 31.1 Å². The summed E-state index contributed by atoms with van der Waals surface area (Å²) in [5.74, 6) is 0. The van der Waals surface area contributed by atoms with Crippen molar-refractivity contribution in [2.24, 2.45) is 0 Å². The van der Waals surface area contributed by atoms with Crippen LogP contribution >= 0.6 is 0 Å². The molecule has 2 aromatic carbocycles. The van der Waals surface area contributed by atoms with Crippen LogP contribution in [-0.2, 0) is 25.5 Å². The van der Waals surface area contributed by atoms with E-state index in [0.29, 0.717) is 22.7 Å². The molecule has 0 spiro atoms. The van der Waals surface area contributed by atoms with Gasteiger partial charge in [0.05, 0.1) is 5.69 Å². The van der Waals surface area contributed by atoms with Gasteiger partial charge < -0.3 is 19.4 Å². The summed E-state index contributed by atoms with van der Waals surface area (Å²) in [6.07, 6.45) is 6.20. The molecule has 0 unspecified atom stereocenters. The van der Waals surface area contributed by atoms with Gasteiger partial charge in [0.15, 0.2) is 0 Å². The quantitative estimate of drug-likeness (QED) is 0.171. The van der Waals surface area contributed by atoms with Crippen molar-refractivity contribution in [1.29, 1.82) is 0 Å². The third-order valence-electron chi connectivity index (χ3n) is 6.96. The fourth-order valence-corrected chi connectivity index (χ4v) is 4.63. The van der Waals surface area contributed by atoms with Crippen LogP contribution in [0.1, 0.15) is 34.8 Å². The fourth-order valence-electron chi connectivity index (χ4n) is 4.63. The third kappa shape index (κ3) is 6.06. The molecule has 0 bridgehead atoms. The number of furan rings is 1. The van der Waals surface area contributed by atoms with Crippen LogP contribution in [0.25, 0.3) is 44.7 Å². The molecule has 5 heterocycles. The topological polar surface area (TPSA) is 64.7 Å². The molecule has 42 heavy (non-hydrogen) atoms. The van der Waals surface area contributed by atoms with Crippen molar-refractivity contribution < 1.29 is 28.6 Å². The van der Waals surface area contributed by atoms with Crippen molar-refractivity contribution in [1.82, 2.24) is 19.9 Å². The first-order chi connectivity index (χ1) is 21.2. The Morgan fingerprint density at radius 3 is 2.31 bits per heavy atom. The van der Waals surface area contributed by atoms with Gasteiger partial charge in [-0.25, -0.2) is 4.98 Å². The molecule has 0 N–H and O–H groups in total.